The maximum atomic E-state index is 12.8. The van der Waals surface area contributed by atoms with Gasteiger partial charge in [-0.3, -0.25) is 9.59 Å². The molecule has 3 rings (SSSR count). The lowest BCUT2D eigenvalue weighted by Gasteiger charge is -2.29. The van der Waals surface area contributed by atoms with Crippen LogP contribution in [0.3, 0.4) is 0 Å². The third kappa shape index (κ3) is 4.08. The van der Waals surface area contributed by atoms with Crippen molar-refractivity contribution in [1.82, 2.24) is 10.2 Å². The maximum Gasteiger partial charge on any atom is 0.254 e. The van der Waals surface area contributed by atoms with E-state index in [4.69, 9.17) is 0 Å². The van der Waals surface area contributed by atoms with E-state index in [1.807, 2.05) is 17.0 Å². The molecule has 0 spiro atoms. The summed E-state index contributed by atoms with van der Waals surface area (Å²) in [6.45, 7) is 6.06. The topological polar surface area (TPSA) is 49.4 Å². The molecule has 4 heteroatoms. The van der Waals surface area contributed by atoms with Gasteiger partial charge < -0.3 is 10.2 Å². The van der Waals surface area contributed by atoms with Crippen LogP contribution in [0.2, 0.25) is 0 Å². The second-order valence-electron chi connectivity index (χ2n) is 6.93. The molecule has 0 radical (unpaired) electrons. The average Bonchev–Trinajstić information content (AvgIpc) is 2.65. The van der Waals surface area contributed by atoms with Gasteiger partial charge in [-0.25, -0.2) is 0 Å². The molecule has 0 saturated carbocycles. The van der Waals surface area contributed by atoms with Crippen LogP contribution in [-0.4, -0.2) is 29.8 Å². The summed E-state index contributed by atoms with van der Waals surface area (Å²) < 4.78 is 0. The van der Waals surface area contributed by atoms with Gasteiger partial charge in [0, 0.05) is 30.8 Å². The molecule has 1 aliphatic heterocycles. The van der Waals surface area contributed by atoms with Gasteiger partial charge in [0.05, 0.1) is 0 Å². The fourth-order valence-corrected chi connectivity index (χ4v) is 3.04. The predicted octanol–water partition coefficient (Wildman–Crippen LogP) is 3.27. The van der Waals surface area contributed by atoms with E-state index in [1.165, 1.54) is 11.1 Å². The minimum Gasteiger partial charge on any atom is -0.352 e. The van der Waals surface area contributed by atoms with Gasteiger partial charge in [0.15, 0.2) is 0 Å². The molecule has 0 unspecified atom stereocenters. The minimum atomic E-state index is -0.132. The zero-order chi connectivity index (χ0) is 17.8. The molecule has 1 heterocycles. The lowest BCUT2D eigenvalue weighted by atomic mass is 9.99. The van der Waals surface area contributed by atoms with E-state index in [2.05, 4.69) is 31.3 Å². The monoisotopic (exact) mass is 336 g/mol. The van der Waals surface area contributed by atoms with Gasteiger partial charge in [0.2, 0.25) is 0 Å². The first-order chi connectivity index (χ1) is 12.0. The van der Waals surface area contributed by atoms with Crippen molar-refractivity contribution in [3.05, 3.63) is 70.8 Å². The Morgan fingerprint density at radius 2 is 1.76 bits per heavy atom. The number of nitrogens with zero attached hydrogens (tertiary/aromatic N) is 1. The summed E-state index contributed by atoms with van der Waals surface area (Å²) >= 11 is 0. The first-order valence-electron chi connectivity index (χ1n) is 8.79. The fraction of sp³-hybridized carbons (Fsp3) is 0.333. The van der Waals surface area contributed by atoms with Crippen LogP contribution in [-0.2, 0) is 13.0 Å². The highest BCUT2D eigenvalue weighted by molar-refractivity contribution is 5.99. The SMILES string of the molecule is CC(C)CNC(=O)c1cccc(C(=O)N2CCc3ccccc3C2)c1. The highest BCUT2D eigenvalue weighted by atomic mass is 16.2. The van der Waals surface area contributed by atoms with Crippen LogP contribution < -0.4 is 5.32 Å². The van der Waals surface area contributed by atoms with Gasteiger partial charge in [0.1, 0.15) is 0 Å². The summed E-state index contributed by atoms with van der Waals surface area (Å²) in [6, 6.07) is 15.2. The summed E-state index contributed by atoms with van der Waals surface area (Å²) in [5, 5.41) is 2.89. The molecule has 0 atom stereocenters. The Bertz CT molecular complexity index is 783. The molecule has 4 nitrogen and oxygen atoms in total. The number of hydrogen-bond acceptors (Lipinski definition) is 2. The van der Waals surface area contributed by atoms with E-state index in [0.29, 0.717) is 36.7 Å². The first-order valence-corrected chi connectivity index (χ1v) is 8.79. The van der Waals surface area contributed by atoms with Crippen LogP contribution in [0.25, 0.3) is 0 Å². The molecule has 0 fully saturated rings. The van der Waals surface area contributed by atoms with E-state index < -0.39 is 0 Å². The van der Waals surface area contributed by atoms with Crippen LogP contribution in [0.15, 0.2) is 48.5 Å². The largest absolute Gasteiger partial charge is 0.352 e. The van der Waals surface area contributed by atoms with E-state index in [1.54, 1.807) is 24.3 Å². The van der Waals surface area contributed by atoms with Crippen molar-refractivity contribution in [2.75, 3.05) is 13.1 Å². The number of fused-ring (bicyclic) bond motifs is 1. The van der Waals surface area contributed by atoms with Gasteiger partial charge in [-0.1, -0.05) is 44.2 Å². The molecule has 1 N–H and O–H groups in total. The third-order valence-electron chi connectivity index (χ3n) is 4.46. The van der Waals surface area contributed by atoms with Gasteiger partial charge in [-0.15, -0.1) is 0 Å². The normalized spacial score (nSPS) is 13.5. The van der Waals surface area contributed by atoms with Crippen molar-refractivity contribution in [3.8, 4) is 0 Å². The summed E-state index contributed by atoms with van der Waals surface area (Å²) in [4.78, 5) is 26.9. The molecule has 0 aromatic heterocycles. The number of amides is 2. The van der Waals surface area contributed by atoms with E-state index >= 15 is 0 Å². The van der Waals surface area contributed by atoms with Crippen molar-refractivity contribution in [3.63, 3.8) is 0 Å². The molecule has 2 aromatic rings. The quantitative estimate of drug-likeness (QED) is 0.931. The summed E-state index contributed by atoms with van der Waals surface area (Å²) in [6.07, 6.45) is 0.872. The van der Waals surface area contributed by atoms with Gasteiger partial charge in [-0.05, 0) is 41.7 Å². The zero-order valence-electron chi connectivity index (χ0n) is 14.8. The highest BCUT2D eigenvalue weighted by Crippen LogP contribution is 2.20. The molecular weight excluding hydrogens is 312 g/mol. The fourth-order valence-electron chi connectivity index (χ4n) is 3.04. The summed E-state index contributed by atoms with van der Waals surface area (Å²) in [5.41, 5.74) is 3.61. The van der Waals surface area contributed by atoms with E-state index in [-0.39, 0.29) is 11.8 Å². The van der Waals surface area contributed by atoms with Gasteiger partial charge in [0.25, 0.3) is 11.8 Å². The molecule has 0 aliphatic carbocycles. The molecule has 0 saturated heterocycles. The van der Waals surface area contributed by atoms with Crippen molar-refractivity contribution < 1.29 is 9.59 Å². The van der Waals surface area contributed by atoms with E-state index in [0.717, 1.165) is 6.42 Å². The van der Waals surface area contributed by atoms with Crippen LogP contribution in [0.5, 0.6) is 0 Å². The second-order valence-corrected chi connectivity index (χ2v) is 6.93. The number of nitrogens with one attached hydrogen (secondary N) is 1. The molecule has 2 amide bonds. The number of carbonyl (C=O) groups is 2. The number of benzene rings is 2. The average molecular weight is 336 g/mol. The van der Waals surface area contributed by atoms with Gasteiger partial charge >= 0.3 is 0 Å². The molecule has 0 bridgehead atoms. The van der Waals surface area contributed by atoms with Crippen LogP contribution in [0.1, 0.15) is 45.7 Å². The van der Waals surface area contributed by atoms with Crippen molar-refractivity contribution >= 4 is 11.8 Å². The van der Waals surface area contributed by atoms with Crippen LogP contribution in [0, 0.1) is 5.92 Å². The Labute approximate surface area is 148 Å². The van der Waals surface area contributed by atoms with Crippen molar-refractivity contribution in [1.29, 1.82) is 0 Å². The standard InChI is InChI=1S/C21H24N2O2/c1-15(2)13-22-20(24)17-8-5-9-18(12-17)21(25)23-11-10-16-6-3-4-7-19(16)14-23/h3-9,12,15H,10-11,13-14H2,1-2H3,(H,22,24). The highest BCUT2D eigenvalue weighted by Gasteiger charge is 2.22. The lowest BCUT2D eigenvalue weighted by molar-refractivity contribution is 0.0734. The minimum absolute atomic E-state index is 0.0204. The third-order valence-corrected chi connectivity index (χ3v) is 4.46. The summed E-state index contributed by atoms with van der Waals surface area (Å²) in [5.74, 6) is 0.238. The van der Waals surface area contributed by atoms with E-state index in [9.17, 15) is 9.59 Å². The molecule has 1 aliphatic rings. The Hall–Kier alpha value is -2.62. The molecule has 25 heavy (non-hydrogen) atoms. The molecule has 2 aromatic carbocycles. The van der Waals surface area contributed by atoms with Gasteiger partial charge in [-0.2, -0.15) is 0 Å². The van der Waals surface area contributed by atoms with Crippen molar-refractivity contribution in [2.24, 2.45) is 5.92 Å². The smallest absolute Gasteiger partial charge is 0.254 e. The Morgan fingerprint density at radius 3 is 2.52 bits per heavy atom. The van der Waals surface area contributed by atoms with Crippen LogP contribution in [0.4, 0.5) is 0 Å². The number of hydrogen-bond donors (Lipinski definition) is 1. The lowest BCUT2D eigenvalue weighted by Crippen LogP contribution is -2.36. The maximum absolute atomic E-state index is 12.8. The summed E-state index contributed by atoms with van der Waals surface area (Å²) in [7, 11) is 0. The number of carbonyl (C=O) groups excluding carboxylic acids is 2. The Kier molecular flexibility index (Phi) is 5.17. The second kappa shape index (κ2) is 7.51. The first kappa shape index (κ1) is 17.2. The Morgan fingerprint density at radius 1 is 1.04 bits per heavy atom. The molecule has 130 valence electrons. The Balaban J connectivity index is 1.73. The number of rotatable bonds is 4. The van der Waals surface area contributed by atoms with Crippen LogP contribution >= 0.6 is 0 Å². The zero-order valence-corrected chi connectivity index (χ0v) is 14.8. The molecular formula is C21H24N2O2. The predicted molar refractivity (Wildman–Crippen MR) is 98.5 cm³/mol. The van der Waals surface area contributed by atoms with Crippen molar-refractivity contribution in [2.45, 2.75) is 26.8 Å².